The number of anilines is 1. The summed E-state index contributed by atoms with van der Waals surface area (Å²) in [5.41, 5.74) is 4.24. The van der Waals surface area contributed by atoms with Gasteiger partial charge in [0.15, 0.2) is 0 Å². The van der Waals surface area contributed by atoms with Crippen LogP contribution in [0.25, 0.3) is 33.3 Å². The summed E-state index contributed by atoms with van der Waals surface area (Å²) in [5, 5.41) is 5.47. The molecule has 0 aliphatic carbocycles. The number of aryl methyl sites for hydroxylation is 1. The van der Waals surface area contributed by atoms with Crippen molar-refractivity contribution < 1.29 is 17.2 Å². The van der Waals surface area contributed by atoms with Gasteiger partial charge in [0.25, 0.3) is 10.0 Å². The lowest BCUT2D eigenvalue weighted by Gasteiger charge is -2.10. The largest absolute Gasteiger partial charge is 0.278 e. The highest BCUT2D eigenvalue weighted by atomic mass is 32.2. The van der Waals surface area contributed by atoms with Crippen molar-refractivity contribution in [3.63, 3.8) is 0 Å². The summed E-state index contributed by atoms with van der Waals surface area (Å²) in [6, 6.07) is 13.4. The number of sulfonamides is 1. The van der Waals surface area contributed by atoms with Gasteiger partial charge in [-0.3, -0.25) is 19.4 Å². The lowest BCUT2D eigenvalue weighted by Crippen LogP contribution is -2.15. The van der Waals surface area contributed by atoms with E-state index in [1.165, 1.54) is 6.20 Å². The molecule has 3 aromatic heterocycles. The number of pyridine rings is 2. The average molecular weight is 477 g/mol. The number of hydrogen-bond acceptors (Lipinski definition) is 5. The second-order valence-electron chi connectivity index (χ2n) is 7.58. The number of hydrogen-bond donors (Lipinski definition) is 1. The van der Waals surface area contributed by atoms with Crippen LogP contribution in [0.2, 0.25) is 0 Å². The van der Waals surface area contributed by atoms with Crippen LogP contribution in [0.5, 0.6) is 0 Å². The van der Waals surface area contributed by atoms with Crippen molar-refractivity contribution in [2.75, 3.05) is 4.72 Å². The molecule has 0 saturated carbocycles. The van der Waals surface area contributed by atoms with Gasteiger partial charge in [0.2, 0.25) is 0 Å². The zero-order valence-corrected chi connectivity index (χ0v) is 18.6. The molecule has 2 aromatic carbocycles. The molecule has 170 valence electrons. The predicted octanol–water partition coefficient (Wildman–Crippen LogP) is 4.78. The minimum atomic E-state index is -4.28. The maximum absolute atomic E-state index is 14.0. The Bertz CT molecular complexity index is 1640. The zero-order chi connectivity index (χ0) is 23.9. The Balaban J connectivity index is 1.53. The number of benzene rings is 2. The van der Waals surface area contributed by atoms with Gasteiger partial charge in [0, 0.05) is 48.2 Å². The molecule has 1 N–H and O–H groups in total. The average Bonchev–Trinajstić information content (AvgIpc) is 3.14. The number of nitrogens with one attached hydrogen (secondary N) is 1. The van der Waals surface area contributed by atoms with Crippen molar-refractivity contribution in [1.82, 2.24) is 19.7 Å². The number of aromatic nitrogens is 4. The van der Waals surface area contributed by atoms with Crippen LogP contribution < -0.4 is 4.72 Å². The molecule has 5 aromatic rings. The minimum Gasteiger partial charge on any atom is -0.278 e. The van der Waals surface area contributed by atoms with E-state index in [2.05, 4.69) is 19.8 Å². The molecule has 0 atom stereocenters. The molecule has 10 heteroatoms. The number of nitrogens with zero attached hydrogens (tertiary/aromatic N) is 4. The third kappa shape index (κ3) is 3.99. The van der Waals surface area contributed by atoms with E-state index in [1.54, 1.807) is 29.3 Å². The molecule has 0 bridgehead atoms. The fraction of sp³-hybridized carbons (Fsp3) is 0.0417. The quantitative estimate of drug-likeness (QED) is 0.394. The summed E-state index contributed by atoms with van der Waals surface area (Å²) in [7, 11) is -2.42. The van der Waals surface area contributed by atoms with Crippen LogP contribution in [0.4, 0.5) is 14.5 Å². The first-order valence-corrected chi connectivity index (χ1v) is 11.6. The third-order valence-electron chi connectivity index (χ3n) is 5.29. The Labute approximate surface area is 193 Å². The fourth-order valence-electron chi connectivity index (χ4n) is 3.79. The summed E-state index contributed by atoms with van der Waals surface area (Å²) in [5.74, 6) is -2.04. The second-order valence-corrected chi connectivity index (χ2v) is 9.23. The van der Waals surface area contributed by atoms with E-state index in [4.69, 9.17) is 0 Å². The molecule has 5 rings (SSSR count). The Morgan fingerprint density at radius 1 is 0.853 bits per heavy atom. The van der Waals surface area contributed by atoms with Crippen LogP contribution in [-0.4, -0.2) is 28.2 Å². The van der Waals surface area contributed by atoms with E-state index in [9.17, 15) is 17.2 Å². The van der Waals surface area contributed by atoms with Crippen LogP contribution in [-0.2, 0) is 17.1 Å². The number of fused-ring (bicyclic) bond motifs is 1. The molecule has 0 aliphatic rings. The molecule has 34 heavy (non-hydrogen) atoms. The smallest absolute Gasteiger partial charge is 0.264 e. The first kappa shape index (κ1) is 21.7. The lowest BCUT2D eigenvalue weighted by molar-refractivity contribution is 0.551. The molecule has 7 nitrogen and oxygen atoms in total. The molecule has 0 radical (unpaired) electrons. The highest BCUT2D eigenvalue weighted by Crippen LogP contribution is 2.32. The van der Waals surface area contributed by atoms with Crippen LogP contribution in [0.15, 0.2) is 84.3 Å². The Morgan fingerprint density at radius 3 is 2.41 bits per heavy atom. The standard InChI is InChI=1S/C24H17F2N5O2S/c1-31-24(15-6-8-27-9-7-15)20-11-16(2-4-22(20)29-31)17-10-19(14-28-13-17)30-34(32,33)23-5-3-18(25)12-21(23)26/h2-14,30H,1H3. The van der Waals surface area contributed by atoms with Crippen molar-refractivity contribution in [3.05, 3.63) is 91.0 Å². The van der Waals surface area contributed by atoms with Gasteiger partial charge in [-0.05, 0) is 48.0 Å². The fourth-order valence-corrected chi connectivity index (χ4v) is 4.88. The molecule has 0 fully saturated rings. The van der Waals surface area contributed by atoms with Crippen molar-refractivity contribution in [3.8, 4) is 22.4 Å². The normalized spacial score (nSPS) is 11.6. The molecular formula is C24H17F2N5O2S. The zero-order valence-electron chi connectivity index (χ0n) is 17.8. The van der Waals surface area contributed by atoms with Crippen molar-refractivity contribution in [1.29, 1.82) is 0 Å². The Hall–Kier alpha value is -4.18. The highest BCUT2D eigenvalue weighted by molar-refractivity contribution is 7.92. The Kier molecular flexibility index (Phi) is 5.29. The molecule has 0 saturated heterocycles. The highest BCUT2D eigenvalue weighted by Gasteiger charge is 2.20. The van der Waals surface area contributed by atoms with Gasteiger partial charge in [-0.25, -0.2) is 17.2 Å². The van der Waals surface area contributed by atoms with E-state index in [-0.39, 0.29) is 5.69 Å². The van der Waals surface area contributed by atoms with Crippen molar-refractivity contribution >= 4 is 26.6 Å². The molecule has 0 amide bonds. The van der Waals surface area contributed by atoms with E-state index in [1.807, 2.05) is 37.4 Å². The van der Waals surface area contributed by atoms with Gasteiger partial charge in [-0.1, -0.05) is 6.07 Å². The summed E-state index contributed by atoms with van der Waals surface area (Å²) in [6.45, 7) is 0. The molecule has 0 spiro atoms. The number of halogens is 2. The molecular weight excluding hydrogens is 460 g/mol. The van der Waals surface area contributed by atoms with Crippen molar-refractivity contribution in [2.45, 2.75) is 4.90 Å². The molecule has 0 aliphatic heterocycles. The van der Waals surface area contributed by atoms with Gasteiger partial charge in [0.1, 0.15) is 16.5 Å². The predicted molar refractivity (Wildman–Crippen MR) is 124 cm³/mol. The first-order valence-electron chi connectivity index (χ1n) is 10.1. The third-order valence-corrected chi connectivity index (χ3v) is 6.71. The summed E-state index contributed by atoms with van der Waals surface area (Å²) in [4.78, 5) is 7.54. The Morgan fingerprint density at radius 2 is 1.65 bits per heavy atom. The van der Waals surface area contributed by atoms with E-state index in [0.717, 1.165) is 39.9 Å². The van der Waals surface area contributed by atoms with Crippen molar-refractivity contribution in [2.24, 2.45) is 7.05 Å². The van der Waals surface area contributed by atoms with Crippen LogP contribution >= 0.6 is 0 Å². The van der Waals surface area contributed by atoms with E-state index in [0.29, 0.717) is 11.6 Å². The van der Waals surface area contributed by atoms with Gasteiger partial charge in [0.05, 0.1) is 23.1 Å². The first-order chi connectivity index (χ1) is 16.3. The van der Waals surface area contributed by atoms with Gasteiger partial charge >= 0.3 is 0 Å². The lowest BCUT2D eigenvalue weighted by atomic mass is 10.0. The van der Waals surface area contributed by atoms with E-state index < -0.39 is 26.6 Å². The maximum Gasteiger partial charge on any atom is 0.264 e. The maximum atomic E-state index is 14.0. The van der Waals surface area contributed by atoms with Crippen LogP contribution in [0, 0.1) is 11.6 Å². The topological polar surface area (TPSA) is 89.8 Å². The summed E-state index contributed by atoms with van der Waals surface area (Å²) < 4.78 is 56.6. The van der Waals surface area contributed by atoms with Gasteiger partial charge in [-0.2, -0.15) is 5.10 Å². The molecule has 3 heterocycles. The van der Waals surface area contributed by atoms with E-state index >= 15 is 0 Å². The monoisotopic (exact) mass is 477 g/mol. The molecule has 0 unspecified atom stereocenters. The summed E-state index contributed by atoms with van der Waals surface area (Å²) in [6.07, 6.45) is 6.33. The second kappa shape index (κ2) is 8.31. The summed E-state index contributed by atoms with van der Waals surface area (Å²) >= 11 is 0. The SMILES string of the molecule is Cn1nc2ccc(-c3cncc(NS(=O)(=O)c4ccc(F)cc4F)c3)cc2c1-c1ccncc1. The van der Waals surface area contributed by atoms with Crippen LogP contribution in [0.3, 0.4) is 0 Å². The number of rotatable bonds is 5. The van der Waals surface area contributed by atoms with Gasteiger partial charge in [-0.15, -0.1) is 0 Å². The van der Waals surface area contributed by atoms with Gasteiger partial charge < -0.3 is 0 Å². The minimum absolute atomic E-state index is 0.141. The van der Waals surface area contributed by atoms with Crippen LogP contribution in [0.1, 0.15) is 0 Å².